The number of rotatable bonds is 4. The van der Waals surface area contributed by atoms with Crippen LogP contribution in [0.2, 0.25) is 0 Å². The molecule has 35 heavy (non-hydrogen) atoms. The van der Waals surface area contributed by atoms with Crippen LogP contribution in [0.15, 0.2) is 55.2 Å². The monoisotopic (exact) mass is 484 g/mol. The smallest absolute Gasteiger partial charge is 0.382 e. The first-order chi connectivity index (χ1) is 16.6. The lowest BCUT2D eigenvalue weighted by molar-refractivity contribution is -0.137. The van der Waals surface area contributed by atoms with Crippen molar-refractivity contribution in [2.45, 2.75) is 12.7 Å². The highest BCUT2D eigenvalue weighted by Gasteiger charge is 2.31. The summed E-state index contributed by atoms with van der Waals surface area (Å²) in [5, 5.41) is 4.20. The first kappa shape index (κ1) is 22.3. The molecule has 1 amide bonds. The van der Waals surface area contributed by atoms with Gasteiger partial charge in [0.2, 0.25) is 0 Å². The van der Waals surface area contributed by atoms with Crippen molar-refractivity contribution in [1.82, 2.24) is 29.1 Å². The Morgan fingerprint density at radius 3 is 2.60 bits per heavy atom. The second-order valence-electron chi connectivity index (χ2n) is 7.74. The highest BCUT2D eigenvalue weighted by Crippen LogP contribution is 2.29. The number of carbonyl (C=O) groups excluding carboxylic acids is 1. The van der Waals surface area contributed by atoms with Crippen molar-refractivity contribution in [1.29, 1.82) is 0 Å². The Kier molecular flexibility index (Phi) is 5.11. The zero-order valence-corrected chi connectivity index (χ0v) is 18.0. The average Bonchev–Trinajstić information content (AvgIpc) is 3.46. The lowest BCUT2D eigenvalue weighted by atomic mass is 10.1. The van der Waals surface area contributed by atoms with Gasteiger partial charge in [-0.05, 0) is 18.2 Å². The lowest BCUT2D eigenvalue weighted by Gasteiger charge is -2.21. The van der Waals surface area contributed by atoms with Crippen LogP contribution in [0.5, 0.6) is 0 Å². The molecule has 0 aliphatic rings. The van der Waals surface area contributed by atoms with E-state index >= 15 is 4.39 Å². The summed E-state index contributed by atoms with van der Waals surface area (Å²) in [5.74, 6) is -1.30. The van der Waals surface area contributed by atoms with Crippen LogP contribution < -0.4 is 10.6 Å². The van der Waals surface area contributed by atoms with Crippen molar-refractivity contribution < 1.29 is 22.4 Å². The van der Waals surface area contributed by atoms with Crippen molar-refractivity contribution >= 4 is 34.1 Å². The average molecular weight is 484 g/mol. The Bertz CT molecular complexity index is 1570. The minimum absolute atomic E-state index is 0.150. The maximum absolute atomic E-state index is 15.1. The Hall–Kier alpha value is -4.55. The Morgan fingerprint density at radius 2 is 1.94 bits per heavy atom. The van der Waals surface area contributed by atoms with Crippen molar-refractivity contribution in [2.75, 3.05) is 10.6 Å². The molecular formula is C22H16F4N8O. The topological polar surface area (TPSA) is 107 Å². The van der Waals surface area contributed by atoms with Gasteiger partial charge in [-0.15, -0.1) is 0 Å². The molecule has 0 spiro atoms. The third kappa shape index (κ3) is 4.00. The molecule has 0 aliphatic carbocycles. The fraction of sp³-hybridized carbons (Fsp3) is 0.136. The number of halogens is 4. The molecule has 9 nitrogen and oxygen atoms in total. The molecular weight excluding hydrogens is 468 g/mol. The number of anilines is 2. The van der Waals surface area contributed by atoms with E-state index in [2.05, 4.69) is 20.1 Å². The molecule has 5 aromatic rings. The number of alkyl halides is 3. The number of hydrogen-bond acceptors (Lipinski definition) is 6. The molecule has 0 saturated heterocycles. The highest BCUT2D eigenvalue weighted by molar-refractivity contribution is 6.07. The summed E-state index contributed by atoms with van der Waals surface area (Å²) in [6.45, 7) is -0.244. The van der Waals surface area contributed by atoms with Crippen molar-refractivity contribution in [3.05, 3.63) is 77.9 Å². The number of imidazole rings is 1. The predicted molar refractivity (Wildman–Crippen MR) is 118 cm³/mol. The summed E-state index contributed by atoms with van der Waals surface area (Å²) in [6, 6.07) is 5.96. The van der Waals surface area contributed by atoms with Crippen LogP contribution in [0.25, 0.3) is 16.6 Å². The summed E-state index contributed by atoms with van der Waals surface area (Å²) in [7, 11) is 1.63. The van der Waals surface area contributed by atoms with Gasteiger partial charge in [0.25, 0.3) is 5.91 Å². The minimum atomic E-state index is -4.55. The largest absolute Gasteiger partial charge is 0.417 e. The number of nitrogens with zero attached hydrogens (tertiary/aromatic N) is 7. The number of aromatic nitrogens is 6. The first-order valence-electron chi connectivity index (χ1n) is 10.2. The van der Waals surface area contributed by atoms with E-state index in [0.717, 1.165) is 23.1 Å². The molecule has 0 fully saturated rings. The molecule has 5 rings (SSSR count). The van der Waals surface area contributed by atoms with E-state index in [-0.39, 0.29) is 35.0 Å². The van der Waals surface area contributed by atoms with E-state index in [1.54, 1.807) is 17.6 Å². The fourth-order valence-electron chi connectivity index (χ4n) is 3.66. The number of pyridine rings is 1. The van der Waals surface area contributed by atoms with Gasteiger partial charge in [0.1, 0.15) is 17.2 Å². The second-order valence-corrected chi connectivity index (χ2v) is 7.74. The molecule has 1 aromatic carbocycles. The van der Waals surface area contributed by atoms with Gasteiger partial charge in [0.15, 0.2) is 5.82 Å². The third-order valence-corrected chi connectivity index (χ3v) is 5.39. The maximum atomic E-state index is 15.1. The molecule has 0 atom stereocenters. The third-order valence-electron chi connectivity index (χ3n) is 5.39. The summed E-state index contributed by atoms with van der Waals surface area (Å²) < 4.78 is 56.8. The van der Waals surface area contributed by atoms with Crippen LogP contribution >= 0.6 is 0 Å². The number of amides is 1. The van der Waals surface area contributed by atoms with E-state index in [1.807, 2.05) is 0 Å². The van der Waals surface area contributed by atoms with E-state index in [1.165, 1.54) is 29.3 Å². The summed E-state index contributed by atoms with van der Waals surface area (Å²) in [6.07, 6.45) is 0.660. The van der Waals surface area contributed by atoms with Crippen LogP contribution in [-0.2, 0) is 19.8 Å². The SMILES string of the molecule is Cn1ccc(N(Cc2ccc(C(F)(F)F)cn2)C(=O)c2cc3c(cc2F)nc(N)c2cncn23)n1. The molecule has 4 heterocycles. The number of hydrogen-bond donors (Lipinski definition) is 1. The summed E-state index contributed by atoms with van der Waals surface area (Å²) in [4.78, 5) is 26.7. The van der Waals surface area contributed by atoms with Gasteiger partial charge in [-0.3, -0.25) is 23.8 Å². The zero-order valence-electron chi connectivity index (χ0n) is 18.0. The number of aryl methyl sites for hydroxylation is 1. The number of nitrogens with two attached hydrogens (primary N) is 1. The van der Waals surface area contributed by atoms with Crippen LogP contribution in [0, 0.1) is 5.82 Å². The maximum Gasteiger partial charge on any atom is 0.417 e. The number of benzene rings is 1. The molecule has 178 valence electrons. The number of fused-ring (bicyclic) bond motifs is 3. The molecule has 0 aliphatic heterocycles. The van der Waals surface area contributed by atoms with Crippen LogP contribution in [-0.4, -0.2) is 35.0 Å². The second kappa shape index (κ2) is 8.04. The quantitative estimate of drug-likeness (QED) is 0.391. The van der Waals surface area contributed by atoms with Crippen molar-refractivity contribution in [2.24, 2.45) is 7.05 Å². The molecule has 13 heteroatoms. The molecule has 4 aromatic heterocycles. The van der Waals surface area contributed by atoms with Crippen LogP contribution in [0.3, 0.4) is 0 Å². The Labute approximate surface area is 194 Å². The van der Waals surface area contributed by atoms with Gasteiger partial charge in [-0.25, -0.2) is 14.4 Å². The Morgan fingerprint density at radius 1 is 1.14 bits per heavy atom. The number of carbonyl (C=O) groups is 1. The molecule has 0 radical (unpaired) electrons. The molecule has 0 saturated carbocycles. The highest BCUT2D eigenvalue weighted by atomic mass is 19.4. The van der Waals surface area contributed by atoms with Crippen LogP contribution in [0.4, 0.5) is 29.2 Å². The zero-order chi connectivity index (χ0) is 24.9. The normalized spacial score (nSPS) is 11.9. The Balaban J connectivity index is 1.58. The summed E-state index contributed by atoms with van der Waals surface area (Å²) in [5.41, 5.74) is 5.94. The first-order valence-corrected chi connectivity index (χ1v) is 10.2. The lowest BCUT2D eigenvalue weighted by Crippen LogP contribution is -2.32. The van der Waals surface area contributed by atoms with Gasteiger partial charge < -0.3 is 5.73 Å². The standard InChI is InChI=1S/C22H16F4N8O/c1-32-5-4-19(31-32)33(10-13-3-2-12(8-29-13)22(24,25)26)21(35)14-6-17-16(7-15(14)23)30-20(27)18-9-28-11-34(17)18/h2-9,11H,10H2,1H3,(H2,27,30). The molecule has 0 unspecified atom stereocenters. The van der Waals surface area contributed by atoms with Crippen molar-refractivity contribution in [3.8, 4) is 0 Å². The number of nitrogen functional groups attached to an aromatic ring is 1. The van der Waals surface area contributed by atoms with Gasteiger partial charge in [-0.1, -0.05) is 0 Å². The van der Waals surface area contributed by atoms with E-state index in [9.17, 15) is 18.0 Å². The fourth-order valence-corrected chi connectivity index (χ4v) is 3.66. The van der Waals surface area contributed by atoms with Gasteiger partial charge in [0, 0.05) is 31.6 Å². The van der Waals surface area contributed by atoms with Gasteiger partial charge in [-0.2, -0.15) is 18.3 Å². The van der Waals surface area contributed by atoms with E-state index in [4.69, 9.17) is 5.73 Å². The molecule has 0 bridgehead atoms. The van der Waals surface area contributed by atoms with Crippen molar-refractivity contribution in [3.63, 3.8) is 0 Å². The summed E-state index contributed by atoms with van der Waals surface area (Å²) >= 11 is 0. The van der Waals surface area contributed by atoms with Gasteiger partial charge >= 0.3 is 6.18 Å². The van der Waals surface area contributed by atoms with Gasteiger partial charge in [0.05, 0.1) is 46.9 Å². The van der Waals surface area contributed by atoms with Crippen LogP contribution in [0.1, 0.15) is 21.6 Å². The van der Waals surface area contributed by atoms with E-state index < -0.39 is 23.5 Å². The minimum Gasteiger partial charge on any atom is -0.382 e. The predicted octanol–water partition coefficient (Wildman–Crippen LogP) is 3.60. The molecule has 2 N–H and O–H groups in total. The van der Waals surface area contributed by atoms with E-state index in [0.29, 0.717) is 17.2 Å².